The lowest BCUT2D eigenvalue weighted by molar-refractivity contribution is 0.668. The van der Waals surface area contributed by atoms with Crippen molar-refractivity contribution in [2.24, 2.45) is 0 Å². The molecule has 56 heavy (non-hydrogen) atoms. The maximum Gasteiger partial charge on any atom is 0.163 e. The summed E-state index contributed by atoms with van der Waals surface area (Å²) in [5, 5.41) is 9.22. The Labute approximate surface area is 324 Å². The summed E-state index contributed by atoms with van der Waals surface area (Å²) in [6.45, 7) is 0. The van der Waals surface area contributed by atoms with Crippen molar-refractivity contribution in [3.63, 3.8) is 0 Å². The highest BCUT2D eigenvalue weighted by Gasteiger charge is 2.17. The minimum Gasteiger partial charge on any atom is -0.456 e. The molecule has 9 aromatic carbocycles. The summed E-state index contributed by atoms with van der Waals surface area (Å²) in [6, 6.07) is 63.3. The summed E-state index contributed by atoms with van der Waals surface area (Å²) in [6.07, 6.45) is 0.451. The summed E-state index contributed by atoms with van der Waals surface area (Å²) < 4.78 is 15.6. The molecule has 0 fully saturated rings. The monoisotopic (exact) mass is 716 g/mol. The third-order valence-corrected chi connectivity index (χ3v) is 10.9. The zero-order chi connectivity index (χ0) is 37.9. The quantitative estimate of drug-likeness (QED) is 0.161. The van der Waals surface area contributed by atoms with Gasteiger partial charge in [0.2, 0.25) is 0 Å². The molecule has 0 N–H and O–H groups in total. The predicted molar refractivity (Wildman–Crippen MR) is 231 cm³/mol. The zero-order valence-corrected chi connectivity index (χ0v) is 30.3. The highest BCUT2D eigenvalue weighted by molar-refractivity contribution is 6.25. The molecule has 0 unspecified atom stereocenters. The topological polar surface area (TPSA) is 51.8 Å². The third kappa shape index (κ3) is 5.50. The number of hydrogen-bond acceptors (Lipinski definition) is 4. The van der Waals surface area contributed by atoms with Crippen LogP contribution in [-0.2, 0) is 6.42 Å². The van der Waals surface area contributed by atoms with Gasteiger partial charge in [0, 0.05) is 28.3 Å². The Morgan fingerprint density at radius 2 is 0.911 bits per heavy atom. The number of rotatable bonds is 6. The lowest BCUT2D eigenvalue weighted by Gasteiger charge is -2.12. The van der Waals surface area contributed by atoms with E-state index in [-0.39, 0.29) is 0 Å². The Bertz CT molecular complexity index is 3300. The van der Waals surface area contributed by atoms with E-state index >= 15 is 0 Å². The molecule has 4 heteroatoms. The zero-order valence-electron chi connectivity index (χ0n) is 31.3. The molecular weight excluding hydrogens is 683 g/mol. The second-order valence-corrected chi connectivity index (χ2v) is 14.3. The van der Waals surface area contributed by atoms with E-state index in [1.54, 1.807) is 0 Å². The molecule has 4 nitrogen and oxygen atoms in total. The first-order chi connectivity index (χ1) is 28.1. The average molecular weight is 717 g/mol. The Morgan fingerprint density at radius 1 is 0.375 bits per heavy atom. The molecule has 0 aliphatic rings. The maximum atomic E-state index is 9.18. The fourth-order valence-electron chi connectivity index (χ4n) is 8.22. The van der Waals surface area contributed by atoms with Crippen LogP contribution in [-0.4, -0.2) is 15.0 Å². The molecule has 0 spiro atoms. The molecule has 0 radical (unpaired) electrons. The molecule has 2 aromatic heterocycles. The van der Waals surface area contributed by atoms with Gasteiger partial charge in [-0.1, -0.05) is 158 Å². The summed E-state index contributed by atoms with van der Waals surface area (Å²) in [4.78, 5) is 15.1. The number of fused-ring (bicyclic) bond motifs is 9. The molecule has 2 heterocycles. The van der Waals surface area contributed by atoms with E-state index in [9.17, 15) is 1.37 Å². The molecule has 262 valence electrons. The molecule has 0 atom stereocenters. The van der Waals surface area contributed by atoms with Crippen molar-refractivity contribution in [3.8, 4) is 45.0 Å². The number of hydrogen-bond donors (Lipinski definition) is 0. The van der Waals surface area contributed by atoms with E-state index in [4.69, 9.17) is 19.4 Å². The molecule has 0 amide bonds. The van der Waals surface area contributed by atoms with Gasteiger partial charge in [-0.3, -0.25) is 0 Å². The smallest absolute Gasteiger partial charge is 0.163 e. The van der Waals surface area contributed by atoms with Gasteiger partial charge in [0.1, 0.15) is 17.0 Å². The lowest BCUT2D eigenvalue weighted by atomic mass is 9.92. The molecule has 11 aromatic rings. The Morgan fingerprint density at radius 3 is 1.64 bits per heavy atom. The van der Waals surface area contributed by atoms with Crippen LogP contribution in [0.25, 0.3) is 99.3 Å². The van der Waals surface area contributed by atoms with Gasteiger partial charge >= 0.3 is 0 Å². The molecule has 11 rings (SSSR count). The first-order valence-corrected chi connectivity index (χ1v) is 18.9. The Kier molecular flexibility index (Phi) is 7.27. The molecule has 0 saturated heterocycles. The van der Waals surface area contributed by atoms with Crippen LogP contribution < -0.4 is 0 Å². The van der Waals surface area contributed by atoms with Crippen LogP contribution in [0.4, 0.5) is 0 Å². The first-order valence-electron chi connectivity index (χ1n) is 19.4. The van der Waals surface area contributed by atoms with Gasteiger partial charge in [-0.15, -0.1) is 0 Å². The second kappa shape index (κ2) is 13.2. The molecule has 0 bridgehead atoms. The third-order valence-electron chi connectivity index (χ3n) is 10.9. The van der Waals surface area contributed by atoms with Crippen LogP contribution in [0.3, 0.4) is 0 Å². The Hall–Kier alpha value is -7.43. The Balaban J connectivity index is 1.05. The van der Waals surface area contributed by atoms with E-state index in [1.165, 1.54) is 32.3 Å². The predicted octanol–water partition coefficient (Wildman–Crippen LogP) is 13.5. The molecule has 0 aliphatic carbocycles. The van der Waals surface area contributed by atoms with Gasteiger partial charge in [-0.25, -0.2) is 15.0 Å². The number of aromatic nitrogens is 3. The van der Waals surface area contributed by atoms with Crippen molar-refractivity contribution in [1.82, 2.24) is 15.0 Å². The van der Waals surface area contributed by atoms with Gasteiger partial charge < -0.3 is 4.42 Å². The molecular formula is C52H33N3O. The van der Waals surface area contributed by atoms with Crippen molar-refractivity contribution in [2.75, 3.05) is 0 Å². The normalized spacial score (nSPS) is 11.9. The van der Waals surface area contributed by atoms with Crippen LogP contribution in [0.1, 0.15) is 12.8 Å². The highest BCUT2D eigenvalue weighted by atomic mass is 16.3. The summed E-state index contributed by atoms with van der Waals surface area (Å²) >= 11 is 0. The van der Waals surface area contributed by atoms with E-state index in [1.807, 2.05) is 54.6 Å². The molecule has 0 aliphatic heterocycles. The van der Waals surface area contributed by atoms with E-state index in [2.05, 4.69) is 127 Å². The van der Waals surface area contributed by atoms with E-state index in [0.29, 0.717) is 35.5 Å². The number of furan rings is 1. The standard InChI is InChI=1S/C52H33N3O/c1-3-13-33(14-4-1)35-17-11-19-39(29-35)52-54-49(53-51(55-52)34-15-5-2-6-16-34)32-38-18-12-24-48-50(38)46-31-37(26-28-47(46)56-48)36-25-27-44-42-22-8-7-20-40(42)41-21-9-10-23-43(41)45(44)30-36/h1-31H,32H2/i28D. The summed E-state index contributed by atoms with van der Waals surface area (Å²) in [7, 11) is 0. The number of nitrogens with zero attached hydrogens (tertiary/aromatic N) is 3. The van der Waals surface area contributed by atoms with E-state index in [0.717, 1.165) is 55.3 Å². The van der Waals surface area contributed by atoms with Crippen LogP contribution in [0.5, 0.6) is 0 Å². The highest BCUT2D eigenvalue weighted by Crippen LogP contribution is 2.39. The fourth-order valence-corrected chi connectivity index (χ4v) is 8.22. The van der Waals surface area contributed by atoms with Crippen molar-refractivity contribution < 1.29 is 5.79 Å². The second-order valence-electron chi connectivity index (χ2n) is 14.3. The molecule has 0 saturated carbocycles. The van der Waals surface area contributed by atoms with Crippen molar-refractivity contribution >= 4 is 54.3 Å². The minimum atomic E-state index is 0.347. The van der Waals surface area contributed by atoms with Gasteiger partial charge in [-0.2, -0.15) is 0 Å². The maximum absolute atomic E-state index is 9.18. The minimum absolute atomic E-state index is 0.347. The first kappa shape index (κ1) is 31.0. The van der Waals surface area contributed by atoms with Crippen LogP contribution in [0, 0.1) is 0 Å². The van der Waals surface area contributed by atoms with Crippen molar-refractivity contribution in [1.29, 1.82) is 0 Å². The SMILES string of the molecule is [2H]c1cc(-c2ccc3c4ccccc4c4ccccc4c3c2)cc2c1oc1cccc(Cc3nc(-c4ccccc4)nc(-c4cccc(-c5ccccc5)c4)n3)c12. The van der Waals surface area contributed by atoms with Gasteiger partial charge in [-0.05, 0) is 90.4 Å². The van der Waals surface area contributed by atoms with Crippen molar-refractivity contribution in [2.45, 2.75) is 6.42 Å². The van der Waals surface area contributed by atoms with Gasteiger partial charge in [0.05, 0.1) is 1.37 Å². The fraction of sp³-hybridized carbons (Fsp3) is 0.0192. The van der Waals surface area contributed by atoms with Crippen LogP contribution in [0.2, 0.25) is 0 Å². The van der Waals surface area contributed by atoms with Crippen LogP contribution in [0.15, 0.2) is 192 Å². The summed E-state index contributed by atoms with van der Waals surface area (Å²) in [5.74, 6) is 1.90. The lowest BCUT2D eigenvalue weighted by Crippen LogP contribution is -2.04. The van der Waals surface area contributed by atoms with E-state index < -0.39 is 0 Å². The average Bonchev–Trinajstić information content (AvgIpc) is 3.67. The largest absolute Gasteiger partial charge is 0.456 e. The number of benzene rings is 9. The van der Waals surface area contributed by atoms with Gasteiger partial charge in [0.25, 0.3) is 0 Å². The summed E-state index contributed by atoms with van der Waals surface area (Å²) in [5.41, 5.74) is 8.42. The van der Waals surface area contributed by atoms with Crippen LogP contribution >= 0.6 is 0 Å². The van der Waals surface area contributed by atoms with Gasteiger partial charge in [0.15, 0.2) is 11.6 Å². The van der Waals surface area contributed by atoms with Crippen molar-refractivity contribution in [3.05, 3.63) is 199 Å².